The Bertz CT molecular complexity index is 396. The molecule has 0 aromatic heterocycles. The lowest BCUT2D eigenvalue weighted by molar-refractivity contribution is -0.384. The number of non-ortho nitro benzene ring substituents is 1. The normalized spacial score (nSPS) is 11.1. The summed E-state index contributed by atoms with van der Waals surface area (Å²) in [6, 6.07) is 6.39. The third kappa shape index (κ3) is 3.32. The van der Waals surface area contributed by atoms with E-state index in [1.807, 2.05) is 6.08 Å². The fourth-order valence-electron chi connectivity index (χ4n) is 1.05. The van der Waals surface area contributed by atoms with Crippen LogP contribution in [0, 0.1) is 10.1 Å². The second kappa shape index (κ2) is 5.46. The van der Waals surface area contributed by atoms with E-state index in [2.05, 4.69) is 22.5 Å². The molecule has 4 heteroatoms. The number of allylic oxidation sites excluding steroid dienone is 2. The number of nitrogens with zero attached hydrogens (tertiary/aromatic N) is 1. The molecule has 0 aliphatic heterocycles. The smallest absolute Gasteiger partial charge is 0.258 e. The molecule has 1 rings (SSSR count). The molecule has 0 unspecified atom stereocenters. The van der Waals surface area contributed by atoms with Crippen LogP contribution in [0.5, 0.6) is 0 Å². The van der Waals surface area contributed by atoms with Gasteiger partial charge in [0.1, 0.15) is 0 Å². The maximum Gasteiger partial charge on any atom is 0.269 e. The number of nitro benzene ring substituents is 1. The van der Waals surface area contributed by atoms with Gasteiger partial charge in [-0.05, 0) is 24.1 Å². The van der Waals surface area contributed by atoms with E-state index in [1.165, 1.54) is 12.1 Å². The minimum atomic E-state index is -0.412. The van der Waals surface area contributed by atoms with Gasteiger partial charge in [-0.25, -0.2) is 0 Å². The van der Waals surface area contributed by atoms with Gasteiger partial charge in [-0.2, -0.15) is 0 Å². The van der Waals surface area contributed by atoms with Crippen LogP contribution in [0.1, 0.15) is 12.0 Å². The van der Waals surface area contributed by atoms with Gasteiger partial charge < -0.3 is 0 Å². The van der Waals surface area contributed by atoms with Crippen molar-refractivity contribution in [3.05, 3.63) is 58.7 Å². The van der Waals surface area contributed by atoms with E-state index in [1.54, 1.807) is 18.2 Å². The van der Waals surface area contributed by atoms with Crippen LogP contribution < -0.4 is 0 Å². The predicted molar refractivity (Wildman–Crippen MR) is 64.8 cm³/mol. The molecular weight excluding hydrogens is 258 g/mol. The van der Waals surface area contributed by atoms with Crippen molar-refractivity contribution in [2.75, 3.05) is 0 Å². The van der Waals surface area contributed by atoms with Gasteiger partial charge in [0, 0.05) is 16.6 Å². The number of rotatable bonds is 4. The van der Waals surface area contributed by atoms with Gasteiger partial charge in [-0.15, -0.1) is 6.58 Å². The van der Waals surface area contributed by atoms with Crippen LogP contribution in [0.25, 0.3) is 4.48 Å². The third-order valence-electron chi connectivity index (χ3n) is 1.82. The van der Waals surface area contributed by atoms with Gasteiger partial charge in [-0.1, -0.05) is 28.1 Å². The third-order valence-corrected chi connectivity index (χ3v) is 2.60. The molecule has 0 atom stereocenters. The Labute approximate surface area is 96.4 Å². The topological polar surface area (TPSA) is 43.1 Å². The Morgan fingerprint density at radius 3 is 2.53 bits per heavy atom. The SMILES string of the molecule is C=CCC=C(Br)c1ccc([N+](=O)[O-])cc1. The molecular formula is C11H10BrNO2. The van der Waals surface area contributed by atoms with Crippen molar-refractivity contribution < 1.29 is 4.92 Å². The van der Waals surface area contributed by atoms with E-state index < -0.39 is 4.92 Å². The second-order valence-electron chi connectivity index (χ2n) is 2.88. The Balaban J connectivity index is 2.88. The van der Waals surface area contributed by atoms with Gasteiger partial charge >= 0.3 is 0 Å². The van der Waals surface area contributed by atoms with Crippen molar-refractivity contribution in [3.63, 3.8) is 0 Å². The number of halogens is 1. The fraction of sp³-hybridized carbons (Fsp3) is 0.0909. The van der Waals surface area contributed by atoms with Crippen molar-refractivity contribution >= 4 is 26.1 Å². The maximum absolute atomic E-state index is 10.4. The molecule has 15 heavy (non-hydrogen) atoms. The molecule has 0 N–H and O–H groups in total. The molecule has 0 fully saturated rings. The van der Waals surface area contributed by atoms with Crippen LogP contribution in [0.2, 0.25) is 0 Å². The number of hydrogen-bond acceptors (Lipinski definition) is 2. The first-order valence-corrected chi connectivity index (χ1v) is 5.16. The van der Waals surface area contributed by atoms with Gasteiger partial charge in [0.15, 0.2) is 0 Å². The molecule has 0 saturated heterocycles. The van der Waals surface area contributed by atoms with E-state index in [9.17, 15) is 10.1 Å². The molecule has 1 aromatic rings. The lowest BCUT2D eigenvalue weighted by Gasteiger charge is -1.98. The Hall–Kier alpha value is -1.42. The lowest BCUT2D eigenvalue weighted by atomic mass is 10.2. The summed E-state index contributed by atoms with van der Waals surface area (Å²) >= 11 is 3.39. The van der Waals surface area contributed by atoms with E-state index >= 15 is 0 Å². The highest BCUT2D eigenvalue weighted by Gasteiger charge is 2.04. The van der Waals surface area contributed by atoms with E-state index in [4.69, 9.17) is 0 Å². The van der Waals surface area contributed by atoms with Crippen LogP contribution in [-0.2, 0) is 0 Å². The number of nitro groups is 1. The van der Waals surface area contributed by atoms with E-state index in [0.717, 1.165) is 16.5 Å². The molecule has 0 bridgehead atoms. The standard InChI is InChI=1S/C11H10BrNO2/c1-2-3-4-11(12)9-5-7-10(8-6-9)13(14)15/h2,4-8H,1,3H2. The van der Waals surface area contributed by atoms with Crippen molar-refractivity contribution in [2.24, 2.45) is 0 Å². The Morgan fingerprint density at radius 1 is 1.47 bits per heavy atom. The van der Waals surface area contributed by atoms with Gasteiger partial charge in [-0.3, -0.25) is 10.1 Å². The summed E-state index contributed by atoms with van der Waals surface area (Å²) in [5.41, 5.74) is 1.02. The Morgan fingerprint density at radius 2 is 2.07 bits per heavy atom. The van der Waals surface area contributed by atoms with Crippen molar-refractivity contribution in [3.8, 4) is 0 Å². The van der Waals surface area contributed by atoms with E-state index in [0.29, 0.717) is 0 Å². The summed E-state index contributed by atoms with van der Waals surface area (Å²) in [5, 5.41) is 10.4. The summed E-state index contributed by atoms with van der Waals surface area (Å²) in [6.45, 7) is 3.61. The summed E-state index contributed by atoms with van der Waals surface area (Å²) in [5.74, 6) is 0. The average Bonchev–Trinajstić information content (AvgIpc) is 2.26. The summed E-state index contributed by atoms with van der Waals surface area (Å²) in [7, 11) is 0. The van der Waals surface area contributed by atoms with Crippen LogP contribution in [0.15, 0.2) is 43.0 Å². The second-order valence-corrected chi connectivity index (χ2v) is 3.73. The van der Waals surface area contributed by atoms with Crippen LogP contribution >= 0.6 is 15.9 Å². The summed E-state index contributed by atoms with van der Waals surface area (Å²) in [4.78, 5) is 10.0. The molecule has 0 aliphatic rings. The molecule has 78 valence electrons. The highest BCUT2D eigenvalue weighted by molar-refractivity contribution is 9.15. The summed E-state index contributed by atoms with van der Waals surface area (Å²) in [6.07, 6.45) is 4.50. The number of hydrogen-bond donors (Lipinski definition) is 0. The highest BCUT2D eigenvalue weighted by atomic mass is 79.9. The lowest BCUT2D eigenvalue weighted by Crippen LogP contribution is -1.87. The zero-order valence-corrected chi connectivity index (χ0v) is 9.61. The first-order chi connectivity index (χ1) is 7.15. The fourth-order valence-corrected chi connectivity index (χ4v) is 1.50. The molecule has 0 aliphatic carbocycles. The zero-order valence-electron chi connectivity index (χ0n) is 8.02. The van der Waals surface area contributed by atoms with Crippen LogP contribution in [0.4, 0.5) is 5.69 Å². The van der Waals surface area contributed by atoms with Crippen molar-refractivity contribution in [1.82, 2.24) is 0 Å². The number of benzene rings is 1. The first-order valence-electron chi connectivity index (χ1n) is 4.36. The maximum atomic E-state index is 10.4. The van der Waals surface area contributed by atoms with Gasteiger partial charge in [0.05, 0.1) is 4.92 Å². The molecule has 3 nitrogen and oxygen atoms in total. The van der Waals surface area contributed by atoms with Gasteiger partial charge in [0.2, 0.25) is 0 Å². The van der Waals surface area contributed by atoms with Gasteiger partial charge in [0.25, 0.3) is 5.69 Å². The zero-order chi connectivity index (χ0) is 11.3. The molecule has 0 radical (unpaired) electrons. The van der Waals surface area contributed by atoms with E-state index in [-0.39, 0.29) is 5.69 Å². The largest absolute Gasteiger partial charge is 0.269 e. The minimum Gasteiger partial charge on any atom is -0.258 e. The van der Waals surface area contributed by atoms with Crippen LogP contribution in [-0.4, -0.2) is 4.92 Å². The molecule has 0 amide bonds. The quantitative estimate of drug-likeness (QED) is 0.472. The molecule has 0 saturated carbocycles. The Kier molecular flexibility index (Phi) is 4.24. The van der Waals surface area contributed by atoms with Crippen LogP contribution in [0.3, 0.4) is 0 Å². The monoisotopic (exact) mass is 267 g/mol. The minimum absolute atomic E-state index is 0.0998. The summed E-state index contributed by atoms with van der Waals surface area (Å²) < 4.78 is 0.914. The first kappa shape index (κ1) is 11.7. The van der Waals surface area contributed by atoms with Crippen molar-refractivity contribution in [1.29, 1.82) is 0 Å². The molecule has 0 heterocycles. The highest BCUT2D eigenvalue weighted by Crippen LogP contribution is 2.23. The average molecular weight is 268 g/mol. The molecule has 1 aromatic carbocycles. The predicted octanol–water partition coefficient (Wildman–Crippen LogP) is 3.91. The molecule has 0 spiro atoms. The van der Waals surface area contributed by atoms with Crippen molar-refractivity contribution in [2.45, 2.75) is 6.42 Å².